The Labute approximate surface area is 70.3 Å². The number of hydrogen-bond acceptors (Lipinski definition) is 5. The molecule has 1 unspecified atom stereocenters. The molecule has 0 amide bonds. The highest BCUT2D eigenvalue weighted by Gasteiger charge is 2.14. The van der Waals surface area contributed by atoms with Crippen LogP contribution in [0, 0.1) is 0 Å². The Morgan fingerprint density at radius 1 is 1.67 bits per heavy atom. The van der Waals surface area contributed by atoms with Crippen molar-refractivity contribution in [3.8, 4) is 6.08 Å². The van der Waals surface area contributed by atoms with E-state index in [1.54, 1.807) is 0 Å². The summed E-state index contributed by atoms with van der Waals surface area (Å²) < 4.78 is 9.31. The molecule has 0 spiro atoms. The van der Waals surface area contributed by atoms with Crippen molar-refractivity contribution in [1.82, 2.24) is 10.1 Å². The minimum Gasteiger partial charge on any atom is -0.452 e. The summed E-state index contributed by atoms with van der Waals surface area (Å²) in [6.45, 7) is 1.97. The lowest BCUT2D eigenvalue weighted by atomic mass is 10.2. The fraction of sp³-hybridized carbons (Fsp3) is 0.714. The molecule has 1 atom stereocenters. The van der Waals surface area contributed by atoms with E-state index >= 15 is 0 Å². The molecule has 0 saturated heterocycles. The van der Waals surface area contributed by atoms with E-state index in [9.17, 15) is 5.11 Å². The molecule has 0 aliphatic heterocycles. The van der Waals surface area contributed by atoms with Crippen LogP contribution in [-0.2, 0) is 0 Å². The van der Waals surface area contributed by atoms with Gasteiger partial charge in [-0.15, -0.1) is 0 Å². The van der Waals surface area contributed by atoms with E-state index in [4.69, 9.17) is 0 Å². The summed E-state index contributed by atoms with van der Waals surface area (Å²) in [6.07, 6.45) is 0.934. The first kappa shape index (κ1) is 8.99. The molecule has 0 saturated carbocycles. The molecule has 1 heterocycles. The average molecular weight is 172 g/mol. The van der Waals surface area contributed by atoms with Crippen LogP contribution in [0.25, 0.3) is 0 Å². The standard InChI is InChI=1S/C7H12N2O3/c1-3-4-5(10)6-8-7(11-2)12-9-6/h5,10H,3-4H2,1-2H3. The average Bonchev–Trinajstić information content (AvgIpc) is 2.52. The van der Waals surface area contributed by atoms with E-state index in [1.165, 1.54) is 7.11 Å². The van der Waals surface area contributed by atoms with E-state index in [-0.39, 0.29) is 11.9 Å². The monoisotopic (exact) mass is 172 g/mol. The smallest absolute Gasteiger partial charge is 0.417 e. The number of ether oxygens (including phenoxy) is 1. The van der Waals surface area contributed by atoms with Gasteiger partial charge in [0.2, 0.25) is 5.82 Å². The first-order valence-electron chi connectivity index (χ1n) is 3.83. The summed E-state index contributed by atoms with van der Waals surface area (Å²) in [7, 11) is 1.43. The van der Waals surface area contributed by atoms with Crippen LogP contribution in [0.5, 0.6) is 6.08 Å². The predicted octanol–water partition coefficient (Wildman–Crippen LogP) is 0.912. The molecule has 0 bridgehead atoms. The Kier molecular flexibility index (Phi) is 3.04. The third kappa shape index (κ3) is 1.94. The van der Waals surface area contributed by atoms with Crippen molar-refractivity contribution < 1.29 is 14.4 Å². The first-order chi connectivity index (χ1) is 5.77. The van der Waals surface area contributed by atoms with Crippen LogP contribution in [0.2, 0.25) is 0 Å². The maximum absolute atomic E-state index is 9.39. The van der Waals surface area contributed by atoms with Crippen LogP contribution < -0.4 is 4.74 Å². The molecular formula is C7H12N2O3. The molecule has 1 aromatic heterocycles. The second-order valence-electron chi connectivity index (χ2n) is 2.43. The molecule has 0 aliphatic carbocycles. The van der Waals surface area contributed by atoms with Gasteiger partial charge in [-0.3, -0.25) is 4.52 Å². The topological polar surface area (TPSA) is 68.4 Å². The largest absolute Gasteiger partial charge is 0.452 e. The maximum atomic E-state index is 9.39. The van der Waals surface area contributed by atoms with Gasteiger partial charge in [0.25, 0.3) is 0 Å². The van der Waals surface area contributed by atoms with Crippen molar-refractivity contribution in [3.63, 3.8) is 0 Å². The molecule has 0 fully saturated rings. The minimum atomic E-state index is -0.650. The number of aliphatic hydroxyl groups is 1. The van der Waals surface area contributed by atoms with Gasteiger partial charge in [-0.2, -0.15) is 4.98 Å². The van der Waals surface area contributed by atoms with E-state index in [0.717, 1.165) is 6.42 Å². The predicted molar refractivity (Wildman–Crippen MR) is 40.7 cm³/mol. The lowest BCUT2D eigenvalue weighted by Crippen LogP contribution is -1.98. The van der Waals surface area contributed by atoms with Crippen LogP contribution in [0.15, 0.2) is 4.52 Å². The molecule has 12 heavy (non-hydrogen) atoms. The number of nitrogens with zero attached hydrogens (tertiary/aromatic N) is 2. The molecular weight excluding hydrogens is 160 g/mol. The van der Waals surface area contributed by atoms with Gasteiger partial charge in [0.15, 0.2) is 0 Å². The van der Waals surface area contributed by atoms with Gasteiger partial charge < -0.3 is 9.84 Å². The van der Waals surface area contributed by atoms with Gasteiger partial charge in [-0.25, -0.2) is 0 Å². The molecule has 1 rings (SSSR count). The zero-order chi connectivity index (χ0) is 8.97. The highest BCUT2D eigenvalue weighted by molar-refractivity contribution is 4.93. The lowest BCUT2D eigenvalue weighted by molar-refractivity contribution is 0.152. The normalized spacial score (nSPS) is 12.9. The molecule has 0 aromatic carbocycles. The number of methoxy groups -OCH3 is 1. The minimum absolute atomic E-state index is 0.0835. The fourth-order valence-corrected chi connectivity index (χ4v) is 0.841. The zero-order valence-electron chi connectivity index (χ0n) is 7.15. The summed E-state index contributed by atoms with van der Waals surface area (Å²) in [6, 6.07) is 0. The summed E-state index contributed by atoms with van der Waals surface area (Å²) in [4.78, 5) is 3.80. The maximum Gasteiger partial charge on any atom is 0.417 e. The van der Waals surface area contributed by atoms with Crippen LogP contribution >= 0.6 is 0 Å². The molecule has 0 aliphatic rings. The number of aromatic nitrogens is 2. The highest BCUT2D eigenvalue weighted by Crippen LogP contribution is 2.16. The summed E-state index contributed by atoms with van der Waals surface area (Å²) in [5.74, 6) is 0.286. The molecule has 5 heteroatoms. The Morgan fingerprint density at radius 3 is 2.92 bits per heavy atom. The third-order valence-corrected chi connectivity index (χ3v) is 1.46. The Hall–Kier alpha value is -1.10. The first-order valence-corrected chi connectivity index (χ1v) is 3.83. The molecule has 1 N–H and O–H groups in total. The van der Waals surface area contributed by atoms with Crippen molar-refractivity contribution in [2.45, 2.75) is 25.9 Å². The van der Waals surface area contributed by atoms with E-state index in [2.05, 4.69) is 19.4 Å². The van der Waals surface area contributed by atoms with Crippen LogP contribution in [0.3, 0.4) is 0 Å². The van der Waals surface area contributed by atoms with Crippen molar-refractivity contribution in [2.24, 2.45) is 0 Å². The second-order valence-corrected chi connectivity index (χ2v) is 2.43. The summed E-state index contributed by atoms with van der Waals surface area (Å²) in [5.41, 5.74) is 0. The van der Waals surface area contributed by atoms with E-state index in [1.807, 2.05) is 6.92 Å². The van der Waals surface area contributed by atoms with Crippen molar-refractivity contribution in [2.75, 3.05) is 7.11 Å². The van der Waals surface area contributed by atoms with Crippen LogP contribution in [0.4, 0.5) is 0 Å². The van der Waals surface area contributed by atoms with Crippen LogP contribution in [0.1, 0.15) is 31.7 Å². The number of aliphatic hydroxyl groups excluding tert-OH is 1. The van der Waals surface area contributed by atoms with Crippen LogP contribution in [-0.4, -0.2) is 22.4 Å². The molecule has 68 valence electrons. The Morgan fingerprint density at radius 2 is 2.42 bits per heavy atom. The Bertz CT molecular complexity index is 236. The van der Waals surface area contributed by atoms with Gasteiger partial charge >= 0.3 is 6.08 Å². The second kappa shape index (κ2) is 4.06. The SMILES string of the molecule is CCCC(O)c1noc(OC)n1. The summed E-state index contributed by atoms with van der Waals surface area (Å²) in [5, 5.41) is 12.9. The Balaban J connectivity index is 2.61. The zero-order valence-corrected chi connectivity index (χ0v) is 7.15. The van der Waals surface area contributed by atoms with Crippen molar-refractivity contribution in [1.29, 1.82) is 0 Å². The fourth-order valence-electron chi connectivity index (χ4n) is 0.841. The summed E-state index contributed by atoms with van der Waals surface area (Å²) >= 11 is 0. The highest BCUT2D eigenvalue weighted by atomic mass is 16.6. The van der Waals surface area contributed by atoms with Crippen molar-refractivity contribution in [3.05, 3.63) is 5.82 Å². The van der Waals surface area contributed by atoms with Gasteiger partial charge in [-0.05, 0) is 6.42 Å². The van der Waals surface area contributed by atoms with Gasteiger partial charge in [0, 0.05) is 0 Å². The third-order valence-electron chi connectivity index (χ3n) is 1.46. The van der Waals surface area contributed by atoms with Gasteiger partial charge in [0.05, 0.1) is 7.11 Å². The van der Waals surface area contributed by atoms with Gasteiger partial charge in [-0.1, -0.05) is 18.5 Å². The number of hydrogen-bond donors (Lipinski definition) is 1. The van der Waals surface area contributed by atoms with Gasteiger partial charge in [0.1, 0.15) is 6.10 Å². The van der Waals surface area contributed by atoms with E-state index in [0.29, 0.717) is 6.42 Å². The molecule has 0 radical (unpaired) electrons. The van der Waals surface area contributed by atoms with E-state index < -0.39 is 6.10 Å². The lowest BCUT2D eigenvalue weighted by Gasteiger charge is -2.00. The molecule has 5 nitrogen and oxygen atoms in total. The quantitative estimate of drug-likeness (QED) is 0.731. The van der Waals surface area contributed by atoms with Crippen molar-refractivity contribution >= 4 is 0 Å². The number of rotatable bonds is 4. The molecule has 1 aromatic rings.